The van der Waals surface area contributed by atoms with Crippen molar-refractivity contribution in [2.45, 2.75) is 18.5 Å². The molecule has 0 aliphatic carbocycles. The van der Waals surface area contributed by atoms with Crippen molar-refractivity contribution >= 4 is 17.9 Å². The molecular formula is C18H17ClN2O3. The monoisotopic (exact) mass is 344 g/mol. The molecule has 2 unspecified atom stereocenters. The van der Waals surface area contributed by atoms with E-state index >= 15 is 0 Å². The number of azo groups is 1. The minimum Gasteiger partial charge on any atom is -0.493 e. The van der Waals surface area contributed by atoms with Crippen LogP contribution in [0.3, 0.4) is 0 Å². The topological polar surface area (TPSA) is 60.2 Å². The van der Waals surface area contributed by atoms with E-state index < -0.39 is 6.04 Å². The number of halogens is 1. The fourth-order valence-corrected chi connectivity index (χ4v) is 3.05. The van der Waals surface area contributed by atoms with E-state index in [0.717, 1.165) is 23.0 Å². The number of nitrogens with zero attached hydrogens (tertiary/aromatic N) is 2. The SMILES string of the molecule is COc1cc2c(cc1OC)C(c1cccc(Cl)c1)N=NC(C=O)C2. The van der Waals surface area contributed by atoms with Gasteiger partial charge in [0.15, 0.2) is 11.5 Å². The van der Waals surface area contributed by atoms with Crippen molar-refractivity contribution < 1.29 is 14.3 Å². The Labute approximate surface area is 145 Å². The summed E-state index contributed by atoms with van der Waals surface area (Å²) in [4.78, 5) is 11.3. The van der Waals surface area contributed by atoms with Crippen LogP contribution in [-0.2, 0) is 11.2 Å². The smallest absolute Gasteiger partial charge is 0.161 e. The average Bonchev–Trinajstić information content (AvgIpc) is 2.79. The quantitative estimate of drug-likeness (QED) is 0.787. The second-order valence-electron chi connectivity index (χ2n) is 5.50. The number of hydrogen-bond acceptors (Lipinski definition) is 5. The highest BCUT2D eigenvalue weighted by atomic mass is 35.5. The van der Waals surface area contributed by atoms with Crippen LogP contribution < -0.4 is 9.47 Å². The van der Waals surface area contributed by atoms with E-state index in [1.807, 2.05) is 36.4 Å². The lowest BCUT2D eigenvalue weighted by atomic mass is 9.92. The second-order valence-corrected chi connectivity index (χ2v) is 5.94. The Bertz CT molecular complexity index is 792. The van der Waals surface area contributed by atoms with Gasteiger partial charge in [-0.15, -0.1) is 0 Å². The van der Waals surface area contributed by atoms with E-state index in [-0.39, 0.29) is 6.04 Å². The summed E-state index contributed by atoms with van der Waals surface area (Å²) in [6.45, 7) is 0. The van der Waals surface area contributed by atoms with Crippen molar-refractivity contribution in [1.29, 1.82) is 0 Å². The van der Waals surface area contributed by atoms with Gasteiger partial charge in [-0.1, -0.05) is 23.7 Å². The molecule has 0 saturated carbocycles. The predicted molar refractivity (Wildman–Crippen MR) is 91.3 cm³/mol. The van der Waals surface area contributed by atoms with Gasteiger partial charge in [0.2, 0.25) is 0 Å². The fourth-order valence-electron chi connectivity index (χ4n) is 2.85. The zero-order valence-electron chi connectivity index (χ0n) is 13.4. The molecule has 1 aliphatic heterocycles. The summed E-state index contributed by atoms with van der Waals surface area (Å²) in [6.07, 6.45) is 1.28. The molecule has 24 heavy (non-hydrogen) atoms. The largest absolute Gasteiger partial charge is 0.493 e. The third-order valence-electron chi connectivity index (χ3n) is 4.02. The van der Waals surface area contributed by atoms with Gasteiger partial charge in [-0.3, -0.25) is 0 Å². The summed E-state index contributed by atoms with van der Waals surface area (Å²) in [5.74, 6) is 1.23. The normalized spacial score (nSPS) is 19.3. The molecule has 0 saturated heterocycles. The van der Waals surface area contributed by atoms with E-state index in [1.165, 1.54) is 0 Å². The number of carbonyl (C=O) groups is 1. The molecule has 1 heterocycles. The lowest BCUT2D eigenvalue weighted by molar-refractivity contribution is -0.108. The Kier molecular flexibility index (Phi) is 4.81. The van der Waals surface area contributed by atoms with Crippen LogP contribution in [-0.4, -0.2) is 26.5 Å². The number of methoxy groups -OCH3 is 2. The first-order valence-corrected chi connectivity index (χ1v) is 7.89. The molecule has 0 bridgehead atoms. The lowest BCUT2D eigenvalue weighted by Gasteiger charge is -2.18. The summed E-state index contributed by atoms with van der Waals surface area (Å²) in [5.41, 5.74) is 2.80. The van der Waals surface area contributed by atoms with Gasteiger partial charge in [0.25, 0.3) is 0 Å². The van der Waals surface area contributed by atoms with Crippen molar-refractivity contribution in [3.05, 3.63) is 58.1 Å². The minimum absolute atomic E-state index is 0.344. The maximum atomic E-state index is 11.3. The van der Waals surface area contributed by atoms with Gasteiger partial charge in [0, 0.05) is 11.4 Å². The summed E-state index contributed by atoms with van der Waals surface area (Å²) < 4.78 is 10.8. The molecule has 0 aromatic heterocycles. The molecule has 6 heteroatoms. The van der Waals surface area contributed by atoms with Crippen LogP contribution in [0.2, 0.25) is 5.02 Å². The molecule has 0 fully saturated rings. The van der Waals surface area contributed by atoms with Gasteiger partial charge in [-0.05, 0) is 41.0 Å². The van der Waals surface area contributed by atoms with Crippen LogP contribution in [0.25, 0.3) is 0 Å². The van der Waals surface area contributed by atoms with Gasteiger partial charge < -0.3 is 14.3 Å². The van der Waals surface area contributed by atoms with Gasteiger partial charge in [0.1, 0.15) is 18.4 Å². The first kappa shape index (κ1) is 16.5. The van der Waals surface area contributed by atoms with Crippen molar-refractivity contribution in [1.82, 2.24) is 0 Å². The Morgan fingerprint density at radius 1 is 1.12 bits per heavy atom. The number of rotatable bonds is 4. The predicted octanol–water partition coefficient (Wildman–Crippen LogP) is 4.02. The Hall–Kier alpha value is -2.40. The van der Waals surface area contributed by atoms with Gasteiger partial charge in [-0.25, -0.2) is 0 Å². The maximum Gasteiger partial charge on any atom is 0.161 e. The number of ether oxygens (including phenoxy) is 2. The van der Waals surface area contributed by atoms with Crippen molar-refractivity contribution in [3.8, 4) is 11.5 Å². The highest BCUT2D eigenvalue weighted by Gasteiger charge is 2.25. The molecule has 3 rings (SSSR count). The zero-order valence-corrected chi connectivity index (χ0v) is 14.2. The number of benzene rings is 2. The maximum absolute atomic E-state index is 11.3. The summed E-state index contributed by atoms with van der Waals surface area (Å²) in [7, 11) is 3.17. The highest BCUT2D eigenvalue weighted by Crippen LogP contribution is 2.39. The van der Waals surface area contributed by atoms with Crippen LogP contribution in [0.15, 0.2) is 46.6 Å². The fraction of sp³-hybridized carbons (Fsp3) is 0.278. The van der Waals surface area contributed by atoms with Crippen LogP contribution >= 0.6 is 11.6 Å². The van der Waals surface area contributed by atoms with Crippen LogP contribution in [0.1, 0.15) is 22.7 Å². The number of hydrogen-bond donors (Lipinski definition) is 0. The lowest BCUT2D eigenvalue weighted by Crippen LogP contribution is -2.09. The summed E-state index contributed by atoms with van der Waals surface area (Å²) in [5, 5.41) is 9.21. The molecule has 0 amide bonds. The zero-order chi connectivity index (χ0) is 17.1. The van der Waals surface area contributed by atoms with Crippen LogP contribution in [0.5, 0.6) is 11.5 Å². The molecule has 2 aromatic carbocycles. The Balaban J connectivity index is 2.18. The van der Waals surface area contributed by atoms with Gasteiger partial charge >= 0.3 is 0 Å². The molecule has 0 spiro atoms. The molecule has 0 radical (unpaired) electrons. The number of fused-ring (bicyclic) bond motifs is 1. The molecule has 2 aromatic rings. The standard InChI is InChI=1S/C18H17ClN2O3/c1-23-16-8-12-7-14(10-22)20-21-18(15(12)9-17(16)24-2)11-4-3-5-13(19)6-11/h3-6,8-10,14,18H,7H2,1-2H3. The minimum atomic E-state index is -0.508. The Morgan fingerprint density at radius 2 is 1.88 bits per heavy atom. The first-order chi connectivity index (χ1) is 11.7. The van der Waals surface area contributed by atoms with E-state index in [0.29, 0.717) is 22.9 Å². The van der Waals surface area contributed by atoms with E-state index in [2.05, 4.69) is 10.2 Å². The van der Waals surface area contributed by atoms with Crippen molar-refractivity contribution in [3.63, 3.8) is 0 Å². The third-order valence-corrected chi connectivity index (χ3v) is 4.26. The summed E-state index contributed by atoms with van der Waals surface area (Å²) in [6, 6.07) is 10.4. The average molecular weight is 345 g/mol. The van der Waals surface area contributed by atoms with E-state index in [9.17, 15) is 4.79 Å². The molecule has 0 N–H and O–H groups in total. The second kappa shape index (κ2) is 7.01. The van der Waals surface area contributed by atoms with Gasteiger partial charge in [-0.2, -0.15) is 10.2 Å². The molecule has 124 valence electrons. The number of carbonyl (C=O) groups excluding carboxylic acids is 1. The van der Waals surface area contributed by atoms with Crippen molar-refractivity contribution in [2.24, 2.45) is 10.2 Å². The van der Waals surface area contributed by atoms with Gasteiger partial charge in [0.05, 0.1) is 14.2 Å². The highest BCUT2D eigenvalue weighted by molar-refractivity contribution is 6.30. The summed E-state index contributed by atoms with van der Waals surface area (Å²) >= 11 is 6.12. The van der Waals surface area contributed by atoms with E-state index in [1.54, 1.807) is 14.2 Å². The number of aldehydes is 1. The van der Waals surface area contributed by atoms with Crippen LogP contribution in [0, 0.1) is 0 Å². The molecule has 2 atom stereocenters. The third kappa shape index (κ3) is 3.12. The van der Waals surface area contributed by atoms with Crippen LogP contribution in [0.4, 0.5) is 0 Å². The molecule has 5 nitrogen and oxygen atoms in total. The van der Waals surface area contributed by atoms with Crippen molar-refractivity contribution in [2.75, 3.05) is 14.2 Å². The Morgan fingerprint density at radius 3 is 2.54 bits per heavy atom. The van der Waals surface area contributed by atoms with E-state index in [4.69, 9.17) is 21.1 Å². The molecule has 1 aliphatic rings. The molecular weight excluding hydrogens is 328 g/mol. The first-order valence-electron chi connectivity index (χ1n) is 7.51.